The SMILES string of the molecule is Cn1ccnc1CN(Cc1cncn1Cc1ccccc1)C1CC1. The highest BCUT2D eigenvalue weighted by molar-refractivity contribution is 5.16. The summed E-state index contributed by atoms with van der Waals surface area (Å²) in [6.45, 7) is 2.69. The minimum absolute atomic E-state index is 0.682. The second kappa shape index (κ2) is 6.61. The Hall–Kier alpha value is -2.40. The van der Waals surface area contributed by atoms with Gasteiger partial charge in [0.15, 0.2) is 0 Å². The van der Waals surface area contributed by atoms with Gasteiger partial charge >= 0.3 is 0 Å². The highest BCUT2D eigenvalue weighted by atomic mass is 15.2. The van der Waals surface area contributed by atoms with E-state index in [0.29, 0.717) is 6.04 Å². The maximum absolute atomic E-state index is 4.48. The average Bonchev–Trinajstić information content (AvgIpc) is 3.24. The Morgan fingerprint density at radius 2 is 2.00 bits per heavy atom. The van der Waals surface area contributed by atoms with Crippen LogP contribution in [0.2, 0.25) is 0 Å². The quantitative estimate of drug-likeness (QED) is 0.672. The van der Waals surface area contributed by atoms with Crippen molar-refractivity contribution in [3.63, 3.8) is 0 Å². The fourth-order valence-corrected chi connectivity index (χ4v) is 3.09. The van der Waals surface area contributed by atoms with Crippen LogP contribution in [0, 0.1) is 0 Å². The summed E-state index contributed by atoms with van der Waals surface area (Å²) < 4.78 is 4.36. The summed E-state index contributed by atoms with van der Waals surface area (Å²) in [5.74, 6) is 1.12. The van der Waals surface area contributed by atoms with Crippen LogP contribution in [0.4, 0.5) is 0 Å². The van der Waals surface area contributed by atoms with Gasteiger partial charge < -0.3 is 9.13 Å². The molecule has 1 saturated carbocycles. The largest absolute Gasteiger partial charge is 0.337 e. The van der Waals surface area contributed by atoms with Crippen molar-refractivity contribution < 1.29 is 0 Å². The molecule has 1 aromatic carbocycles. The van der Waals surface area contributed by atoms with Gasteiger partial charge in [-0.25, -0.2) is 9.97 Å². The molecule has 0 saturated heterocycles. The number of nitrogens with zero attached hydrogens (tertiary/aromatic N) is 5. The Morgan fingerprint density at radius 3 is 2.71 bits per heavy atom. The van der Waals surface area contributed by atoms with Crippen LogP contribution >= 0.6 is 0 Å². The summed E-state index contributed by atoms with van der Waals surface area (Å²) in [5, 5.41) is 0. The highest BCUT2D eigenvalue weighted by Crippen LogP contribution is 2.29. The maximum atomic E-state index is 4.48. The molecule has 0 spiro atoms. The van der Waals surface area contributed by atoms with Gasteiger partial charge in [0.25, 0.3) is 0 Å². The van der Waals surface area contributed by atoms with Crippen LogP contribution in [0.25, 0.3) is 0 Å². The first-order valence-corrected chi connectivity index (χ1v) is 8.53. The van der Waals surface area contributed by atoms with E-state index in [9.17, 15) is 0 Å². The molecule has 1 aliphatic carbocycles. The van der Waals surface area contributed by atoms with Crippen molar-refractivity contribution in [2.75, 3.05) is 0 Å². The molecule has 1 aliphatic rings. The molecule has 2 heterocycles. The van der Waals surface area contributed by atoms with Gasteiger partial charge in [0.2, 0.25) is 0 Å². The van der Waals surface area contributed by atoms with Crippen LogP contribution in [0.5, 0.6) is 0 Å². The van der Waals surface area contributed by atoms with E-state index in [4.69, 9.17) is 0 Å². The molecule has 0 bridgehead atoms. The van der Waals surface area contributed by atoms with Crippen molar-refractivity contribution >= 4 is 0 Å². The van der Waals surface area contributed by atoms with Crippen LogP contribution < -0.4 is 0 Å². The molecule has 5 nitrogen and oxygen atoms in total. The second-order valence-electron chi connectivity index (χ2n) is 6.59. The average molecular weight is 321 g/mol. The van der Waals surface area contributed by atoms with Gasteiger partial charge in [-0.1, -0.05) is 30.3 Å². The molecule has 3 aromatic rings. The first kappa shape index (κ1) is 15.1. The molecule has 0 atom stereocenters. The number of rotatable bonds is 7. The van der Waals surface area contributed by atoms with E-state index < -0.39 is 0 Å². The van der Waals surface area contributed by atoms with Crippen molar-refractivity contribution in [3.05, 3.63) is 72.3 Å². The molecular formula is C19H23N5. The molecule has 2 aromatic heterocycles. The van der Waals surface area contributed by atoms with Crippen molar-refractivity contribution in [1.29, 1.82) is 0 Å². The maximum Gasteiger partial charge on any atom is 0.122 e. The van der Waals surface area contributed by atoms with E-state index >= 15 is 0 Å². The third kappa shape index (κ3) is 3.41. The molecule has 1 fully saturated rings. The number of aryl methyl sites for hydroxylation is 1. The van der Waals surface area contributed by atoms with E-state index in [1.165, 1.54) is 24.1 Å². The number of imidazole rings is 2. The Kier molecular flexibility index (Phi) is 4.17. The standard InChI is InChI=1S/C19H23N5/c1-22-10-9-21-19(22)14-23(17-7-8-17)13-18-11-20-15-24(18)12-16-5-3-2-4-6-16/h2-6,9-11,15,17H,7-8,12-14H2,1H3. The van der Waals surface area contributed by atoms with Gasteiger partial charge in [-0.15, -0.1) is 0 Å². The van der Waals surface area contributed by atoms with E-state index in [1.807, 2.05) is 24.9 Å². The van der Waals surface area contributed by atoms with Crippen molar-refractivity contribution in [2.24, 2.45) is 7.05 Å². The molecule has 0 unspecified atom stereocenters. The molecule has 5 heteroatoms. The fourth-order valence-electron chi connectivity index (χ4n) is 3.09. The molecular weight excluding hydrogens is 298 g/mol. The lowest BCUT2D eigenvalue weighted by atomic mass is 10.2. The highest BCUT2D eigenvalue weighted by Gasteiger charge is 2.30. The Bertz CT molecular complexity index is 785. The number of benzene rings is 1. The molecule has 0 radical (unpaired) electrons. The zero-order valence-electron chi connectivity index (χ0n) is 14.0. The van der Waals surface area contributed by atoms with Crippen molar-refractivity contribution in [2.45, 2.75) is 38.5 Å². The Labute approximate surface area is 142 Å². The van der Waals surface area contributed by atoms with Gasteiger partial charge in [0.1, 0.15) is 5.82 Å². The summed E-state index contributed by atoms with van der Waals surface area (Å²) in [4.78, 5) is 11.4. The number of aromatic nitrogens is 4. The molecule has 0 amide bonds. The van der Waals surface area contributed by atoms with Gasteiger partial charge in [-0.05, 0) is 18.4 Å². The van der Waals surface area contributed by atoms with E-state index in [0.717, 1.165) is 25.5 Å². The third-order valence-corrected chi connectivity index (χ3v) is 4.69. The third-order valence-electron chi connectivity index (χ3n) is 4.69. The minimum atomic E-state index is 0.682. The van der Waals surface area contributed by atoms with Gasteiger partial charge in [0.05, 0.1) is 18.6 Å². The van der Waals surface area contributed by atoms with Crippen LogP contribution in [-0.4, -0.2) is 30.0 Å². The monoisotopic (exact) mass is 321 g/mol. The zero-order chi connectivity index (χ0) is 16.4. The lowest BCUT2D eigenvalue weighted by Gasteiger charge is -2.22. The predicted molar refractivity (Wildman–Crippen MR) is 93.2 cm³/mol. The zero-order valence-corrected chi connectivity index (χ0v) is 14.0. The summed E-state index contributed by atoms with van der Waals surface area (Å²) in [5.41, 5.74) is 2.57. The lowest BCUT2D eigenvalue weighted by molar-refractivity contribution is 0.231. The summed E-state index contributed by atoms with van der Waals surface area (Å²) >= 11 is 0. The molecule has 124 valence electrons. The van der Waals surface area contributed by atoms with Gasteiger partial charge in [-0.3, -0.25) is 4.90 Å². The fraction of sp³-hybridized carbons (Fsp3) is 0.368. The molecule has 24 heavy (non-hydrogen) atoms. The Morgan fingerprint density at radius 1 is 1.17 bits per heavy atom. The predicted octanol–water partition coefficient (Wildman–Crippen LogP) is 2.83. The molecule has 4 rings (SSSR count). The molecule has 0 N–H and O–H groups in total. The number of hydrogen-bond donors (Lipinski definition) is 0. The number of hydrogen-bond acceptors (Lipinski definition) is 3. The van der Waals surface area contributed by atoms with Crippen LogP contribution in [0.3, 0.4) is 0 Å². The lowest BCUT2D eigenvalue weighted by Crippen LogP contribution is -2.27. The van der Waals surface area contributed by atoms with Crippen molar-refractivity contribution in [1.82, 2.24) is 24.0 Å². The first-order valence-electron chi connectivity index (χ1n) is 8.53. The minimum Gasteiger partial charge on any atom is -0.337 e. The van der Waals surface area contributed by atoms with Crippen LogP contribution in [0.15, 0.2) is 55.2 Å². The summed E-state index contributed by atoms with van der Waals surface area (Å²) in [6, 6.07) is 11.2. The topological polar surface area (TPSA) is 38.9 Å². The van der Waals surface area contributed by atoms with E-state index in [1.54, 1.807) is 0 Å². The van der Waals surface area contributed by atoms with Gasteiger partial charge in [0, 0.05) is 44.8 Å². The normalized spacial score (nSPS) is 14.4. The Balaban J connectivity index is 1.49. The van der Waals surface area contributed by atoms with Gasteiger partial charge in [-0.2, -0.15) is 0 Å². The summed E-state index contributed by atoms with van der Waals surface area (Å²) in [7, 11) is 2.06. The van der Waals surface area contributed by atoms with Crippen LogP contribution in [-0.2, 0) is 26.7 Å². The molecule has 0 aliphatic heterocycles. The van der Waals surface area contributed by atoms with Crippen molar-refractivity contribution in [3.8, 4) is 0 Å². The first-order chi connectivity index (χ1) is 11.8. The second-order valence-corrected chi connectivity index (χ2v) is 6.59. The van der Waals surface area contributed by atoms with E-state index in [-0.39, 0.29) is 0 Å². The van der Waals surface area contributed by atoms with Crippen LogP contribution in [0.1, 0.15) is 29.9 Å². The summed E-state index contributed by atoms with van der Waals surface area (Å²) in [6.07, 6.45) is 10.4. The smallest absolute Gasteiger partial charge is 0.122 e. The van der Waals surface area contributed by atoms with E-state index in [2.05, 4.69) is 61.4 Å².